The quantitative estimate of drug-likeness (QED) is 0.527. The molecule has 4 aliphatic rings. The third-order valence-corrected chi connectivity index (χ3v) is 5.80. The molecule has 4 atom stereocenters. The van der Waals surface area contributed by atoms with E-state index in [1.54, 1.807) is 6.08 Å². The molecule has 1 saturated heterocycles. The highest BCUT2D eigenvalue weighted by Crippen LogP contribution is 2.82. The van der Waals surface area contributed by atoms with Crippen molar-refractivity contribution in [3.63, 3.8) is 0 Å². The van der Waals surface area contributed by atoms with Crippen LogP contribution in [0.5, 0.6) is 0 Å². The molecule has 2 fully saturated rings. The molecule has 6 heteroatoms. The molecule has 0 N–H and O–H groups in total. The summed E-state index contributed by atoms with van der Waals surface area (Å²) in [5.74, 6) is -0.681. The molecule has 3 aliphatic carbocycles. The van der Waals surface area contributed by atoms with Gasteiger partial charge in [0.25, 0.3) is 0 Å². The molecule has 1 spiro atoms. The Morgan fingerprint density at radius 2 is 1.94 bits per heavy atom. The smallest absolute Gasteiger partial charge is 0.273 e. The number of nitrogens with zero attached hydrogens (tertiary/aromatic N) is 1. The Bertz CT molecular complexity index is 650. The van der Waals surface area contributed by atoms with Gasteiger partial charge in [-0.25, -0.2) is 4.31 Å². The fourth-order valence-corrected chi connectivity index (χ4v) is 5.20. The molecule has 1 aliphatic heterocycles. The summed E-state index contributed by atoms with van der Waals surface area (Å²) in [7, 11) is 1.34. The van der Waals surface area contributed by atoms with Crippen LogP contribution in [-0.4, -0.2) is 24.7 Å². The standard InChI is InChI=1S/C11H8ClNO3S/c12-17(15,16)13-7-3-6-10-4-1-2-5-11(7,10)8(10)9(13)14/h1-8H. The average molecular weight is 270 g/mol. The van der Waals surface area contributed by atoms with Crippen LogP contribution < -0.4 is 0 Å². The van der Waals surface area contributed by atoms with Gasteiger partial charge in [0, 0.05) is 21.5 Å². The van der Waals surface area contributed by atoms with Crippen molar-refractivity contribution in [2.24, 2.45) is 16.7 Å². The van der Waals surface area contributed by atoms with E-state index < -0.39 is 20.7 Å². The van der Waals surface area contributed by atoms with Gasteiger partial charge in [0.2, 0.25) is 5.91 Å². The van der Waals surface area contributed by atoms with Crippen LogP contribution in [0.4, 0.5) is 0 Å². The minimum Gasteiger partial charge on any atom is -0.273 e. The highest BCUT2D eigenvalue weighted by atomic mass is 35.7. The van der Waals surface area contributed by atoms with E-state index in [4.69, 9.17) is 10.7 Å². The molecule has 17 heavy (non-hydrogen) atoms. The largest absolute Gasteiger partial charge is 0.324 e. The number of piperidine rings is 1. The first kappa shape index (κ1) is 9.91. The zero-order chi connectivity index (χ0) is 12.1. The highest BCUT2D eigenvalue weighted by Gasteiger charge is 2.87. The van der Waals surface area contributed by atoms with E-state index in [1.807, 2.05) is 30.4 Å². The van der Waals surface area contributed by atoms with Crippen LogP contribution in [0.25, 0.3) is 0 Å². The van der Waals surface area contributed by atoms with E-state index in [0.29, 0.717) is 0 Å². The summed E-state index contributed by atoms with van der Waals surface area (Å²) in [4.78, 5) is 12.2. The molecule has 0 aromatic heterocycles. The van der Waals surface area contributed by atoms with Gasteiger partial charge >= 0.3 is 9.24 Å². The van der Waals surface area contributed by atoms with Crippen LogP contribution in [0.15, 0.2) is 36.5 Å². The molecule has 4 nitrogen and oxygen atoms in total. The van der Waals surface area contributed by atoms with Gasteiger partial charge in [0.15, 0.2) is 0 Å². The van der Waals surface area contributed by atoms with Crippen molar-refractivity contribution in [1.82, 2.24) is 4.31 Å². The second-order valence-electron chi connectivity index (χ2n) is 4.90. The van der Waals surface area contributed by atoms with E-state index in [2.05, 4.69) is 0 Å². The summed E-state index contributed by atoms with van der Waals surface area (Å²) in [6.45, 7) is 0. The monoisotopic (exact) mass is 269 g/mol. The van der Waals surface area contributed by atoms with Gasteiger partial charge in [-0.05, 0) is 0 Å². The number of hydrogen-bond acceptors (Lipinski definition) is 3. The summed E-state index contributed by atoms with van der Waals surface area (Å²) in [6.07, 6.45) is 11.4. The van der Waals surface area contributed by atoms with E-state index in [0.717, 1.165) is 4.31 Å². The minimum absolute atomic E-state index is 0.290. The van der Waals surface area contributed by atoms with Gasteiger partial charge in [-0.15, -0.1) is 0 Å². The highest BCUT2D eigenvalue weighted by molar-refractivity contribution is 8.12. The van der Waals surface area contributed by atoms with Gasteiger partial charge in [-0.1, -0.05) is 36.5 Å². The molecular weight excluding hydrogens is 262 g/mol. The summed E-state index contributed by atoms with van der Waals surface area (Å²) >= 11 is 0. The summed E-state index contributed by atoms with van der Waals surface area (Å²) in [6, 6.07) is -0.455. The second-order valence-corrected chi connectivity index (χ2v) is 7.28. The fourth-order valence-electron chi connectivity index (χ4n) is 3.90. The maximum Gasteiger partial charge on any atom is 0.324 e. The predicted molar refractivity (Wildman–Crippen MR) is 61.2 cm³/mol. The van der Waals surface area contributed by atoms with Gasteiger partial charge in [-0.2, -0.15) is 8.42 Å². The first-order valence-corrected chi connectivity index (χ1v) is 7.56. The predicted octanol–water partition coefficient (Wildman–Crippen LogP) is 0.979. The van der Waals surface area contributed by atoms with Gasteiger partial charge in [0.05, 0.1) is 12.0 Å². The number of carbonyl (C=O) groups excluding carboxylic acids is 1. The topological polar surface area (TPSA) is 54.5 Å². The number of hydrogen-bond donors (Lipinski definition) is 0. The molecule has 4 unspecified atom stereocenters. The summed E-state index contributed by atoms with van der Waals surface area (Å²) < 4.78 is 23.7. The second kappa shape index (κ2) is 2.37. The van der Waals surface area contributed by atoms with Crippen LogP contribution >= 0.6 is 10.7 Å². The van der Waals surface area contributed by atoms with Gasteiger partial charge < -0.3 is 0 Å². The van der Waals surface area contributed by atoms with Gasteiger partial charge in [0.1, 0.15) is 0 Å². The summed E-state index contributed by atoms with van der Waals surface area (Å²) in [5.41, 5.74) is -0.692. The first-order valence-electron chi connectivity index (χ1n) is 5.29. The Morgan fingerprint density at radius 3 is 2.65 bits per heavy atom. The lowest BCUT2D eigenvalue weighted by molar-refractivity contribution is -0.126. The SMILES string of the molecule is O=C1C2C34C=CC=CC23C(C=C4)N1S(=O)(=O)Cl. The van der Waals surface area contributed by atoms with Crippen LogP contribution in [0.3, 0.4) is 0 Å². The number of carbonyl (C=O) groups is 1. The number of halogens is 1. The maximum atomic E-state index is 12.2. The first-order chi connectivity index (χ1) is 7.95. The van der Waals surface area contributed by atoms with Crippen molar-refractivity contribution in [3.05, 3.63) is 36.5 Å². The van der Waals surface area contributed by atoms with E-state index in [1.165, 1.54) is 0 Å². The lowest BCUT2D eigenvalue weighted by atomic mass is 9.89. The Labute approximate surface area is 103 Å². The Hall–Kier alpha value is -1.07. The average Bonchev–Trinajstić information content (AvgIpc) is 2.64. The van der Waals surface area contributed by atoms with Crippen molar-refractivity contribution in [3.8, 4) is 0 Å². The normalized spacial score (nSPS) is 48.5. The molecule has 0 radical (unpaired) electrons. The lowest BCUT2D eigenvalue weighted by Crippen LogP contribution is -2.41. The van der Waals surface area contributed by atoms with Crippen LogP contribution in [0.1, 0.15) is 0 Å². The maximum absolute atomic E-state index is 12.2. The Kier molecular flexibility index (Phi) is 1.38. The van der Waals surface area contributed by atoms with Crippen LogP contribution in [0.2, 0.25) is 0 Å². The molecule has 88 valence electrons. The number of allylic oxidation sites excluding steroid dienone is 4. The van der Waals surface area contributed by atoms with E-state index in [-0.39, 0.29) is 17.2 Å². The van der Waals surface area contributed by atoms with Crippen LogP contribution in [0, 0.1) is 16.7 Å². The fraction of sp³-hybridized carbons (Fsp3) is 0.364. The Morgan fingerprint density at radius 1 is 1.24 bits per heavy atom. The van der Waals surface area contributed by atoms with Crippen molar-refractivity contribution in [1.29, 1.82) is 0 Å². The van der Waals surface area contributed by atoms with Gasteiger partial charge in [-0.3, -0.25) is 4.79 Å². The molecule has 1 saturated carbocycles. The third kappa shape index (κ3) is 0.770. The van der Waals surface area contributed by atoms with Crippen molar-refractivity contribution in [2.75, 3.05) is 0 Å². The molecule has 4 rings (SSSR count). The molecule has 1 heterocycles. The van der Waals surface area contributed by atoms with Crippen molar-refractivity contribution >= 4 is 25.8 Å². The summed E-state index contributed by atoms with van der Waals surface area (Å²) in [5, 5.41) is 0. The zero-order valence-corrected chi connectivity index (χ0v) is 10.1. The minimum atomic E-state index is -4.00. The molecular formula is C11H8ClNO3S. The van der Waals surface area contributed by atoms with Crippen molar-refractivity contribution in [2.45, 2.75) is 6.04 Å². The molecule has 0 bridgehead atoms. The van der Waals surface area contributed by atoms with E-state index >= 15 is 0 Å². The molecule has 1 amide bonds. The molecule has 0 aromatic rings. The van der Waals surface area contributed by atoms with Crippen LogP contribution in [-0.2, 0) is 14.0 Å². The number of amides is 1. The molecule has 0 aromatic carbocycles. The zero-order valence-electron chi connectivity index (χ0n) is 8.58. The Balaban J connectivity index is 1.95. The third-order valence-electron chi connectivity index (χ3n) is 4.47. The van der Waals surface area contributed by atoms with E-state index in [9.17, 15) is 13.2 Å². The lowest BCUT2D eigenvalue weighted by Gasteiger charge is -2.27. The number of rotatable bonds is 1. The van der Waals surface area contributed by atoms with Crippen molar-refractivity contribution < 1.29 is 13.2 Å².